The molecule has 0 saturated carbocycles. The van der Waals surface area contributed by atoms with Gasteiger partial charge in [-0.25, -0.2) is 0 Å². The zero-order valence-corrected chi connectivity index (χ0v) is 36.6. The second-order valence-corrected chi connectivity index (χ2v) is 14.9. The van der Waals surface area contributed by atoms with Gasteiger partial charge in [0, 0.05) is 36.7 Å². The number of carbonyl (C=O) groups is 1. The number of allylic oxidation sites excluding steroid dienone is 2. The third kappa shape index (κ3) is 9.25. The number of nitrogens with zero attached hydrogens (tertiary/aromatic N) is 2. The quantitative estimate of drug-likeness (QED) is 0.0797. The third-order valence-corrected chi connectivity index (χ3v) is 10.8. The number of hydrogen-bond acceptors (Lipinski definition) is 4. The largest absolute Gasteiger partial charge is 0.512 e. The van der Waals surface area contributed by atoms with Crippen molar-refractivity contribution in [2.24, 2.45) is 0 Å². The molecule has 1 N–H and O–H groups in total. The van der Waals surface area contributed by atoms with Crippen molar-refractivity contribution in [3.05, 3.63) is 229 Å². The average Bonchev–Trinajstić information content (AvgIpc) is 3.53. The molecule has 2 aromatic heterocycles. The van der Waals surface area contributed by atoms with E-state index >= 15 is 0 Å². The standard InChI is InChI=1S/C60H42N2O2.Ir/c1-40(63)36-51(64)33-30-41-12-2-5-15-52(41)48-37-49(55-18-8-6-16-53(55)42-22-26-46(27-23-42)59-34-31-44-13-3-10-20-57(44)61-59)39-50(38-48)56-19-9-7-17-54(56)43-24-28-47(29-25-43)60-35-32-45-14-4-11-21-58(45)62-60;/h2-26,28,31-32,34-39,63H,30,33H2,1H3;/q-2;/b40-36-;/i1D3,3D,4D,10D,11D,13D,14D,20D,21D,31D,32D,34D,35D;. The maximum atomic E-state index is 13.0. The molecule has 0 atom stereocenters. The van der Waals surface area contributed by atoms with Crippen molar-refractivity contribution in [3.8, 4) is 78.1 Å². The van der Waals surface area contributed by atoms with E-state index in [9.17, 15) is 9.90 Å². The number of hydrogen-bond donors (Lipinski definition) is 1. The van der Waals surface area contributed by atoms with Gasteiger partial charge in [0.1, 0.15) is 0 Å². The van der Waals surface area contributed by atoms with Crippen LogP contribution in [0, 0.1) is 12.1 Å². The van der Waals surface area contributed by atoms with Gasteiger partial charge in [-0.3, -0.25) is 14.8 Å². The summed E-state index contributed by atoms with van der Waals surface area (Å²) in [7, 11) is 0. The minimum atomic E-state index is -2.83. The molecule has 0 unspecified atom stereocenters. The number of fused-ring (bicyclic) bond motifs is 2. The summed E-state index contributed by atoms with van der Waals surface area (Å²) < 4.78 is 124. The second-order valence-electron chi connectivity index (χ2n) is 14.9. The molecular weight excluding hydrogens is 973 g/mol. The third-order valence-electron chi connectivity index (χ3n) is 10.8. The van der Waals surface area contributed by atoms with Crippen LogP contribution in [-0.4, -0.2) is 20.9 Å². The molecule has 0 aliphatic rings. The van der Waals surface area contributed by atoms with Gasteiger partial charge < -0.3 is 5.11 Å². The predicted molar refractivity (Wildman–Crippen MR) is 262 cm³/mol. The normalized spacial score (nSPS) is 14.8. The molecule has 0 amide bonds. The number of aliphatic hydroxyl groups is 1. The Morgan fingerprint density at radius 2 is 1.02 bits per heavy atom. The van der Waals surface area contributed by atoms with Crippen LogP contribution in [0.3, 0.4) is 0 Å². The van der Waals surface area contributed by atoms with E-state index in [1.807, 2.05) is 97.1 Å². The fraction of sp³-hybridized carbons (Fsp3) is 0.0500. The Hall–Kier alpha value is -7.56. The summed E-state index contributed by atoms with van der Waals surface area (Å²) in [6.45, 7) is -2.83. The van der Waals surface area contributed by atoms with Crippen molar-refractivity contribution < 1.29 is 50.6 Å². The van der Waals surface area contributed by atoms with Gasteiger partial charge in [-0.1, -0.05) is 155 Å². The van der Waals surface area contributed by atoms with E-state index in [0.717, 1.165) is 67.3 Å². The molecule has 10 rings (SSSR count). The fourth-order valence-corrected chi connectivity index (χ4v) is 7.79. The van der Waals surface area contributed by atoms with Crippen LogP contribution in [0.1, 0.15) is 39.4 Å². The Bertz CT molecular complexity index is 3970. The summed E-state index contributed by atoms with van der Waals surface area (Å²) in [5.41, 5.74) is 9.05. The van der Waals surface area contributed by atoms with E-state index in [2.05, 4.69) is 28.2 Å². The number of rotatable bonds is 11. The molecule has 65 heavy (non-hydrogen) atoms. The maximum Gasteiger partial charge on any atom is 0.159 e. The molecule has 0 spiro atoms. The number of carbonyl (C=O) groups excluding carboxylic acids is 1. The van der Waals surface area contributed by atoms with Gasteiger partial charge in [-0.05, 0) is 105 Å². The van der Waals surface area contributed by atoms with Crippen LogP contribution in [0.15, 0.2) is 212 Å². The van der Waals surface area contributed by atoms with Crippen molar-refractivity contribution in [2.45, 2.75) is 19.7 Å². The Morgan fingerprint density at radius 1 is 0.569 bits per heavy atom. The first kappa shape index (κ1) is 28.3. The molecule has 0 bridgehead atoms. The molecule has 10 aromatic rings. The second kappa shape index (κ2) is 19.0. The number of para-hydroxylation sites is 2. The van der Waals surface area contributed by atoms with E-state index < -0.39 is 66.7 Å². The van der Waals surface area contributed by atoms with Crippen LogP contribution in [-0.2, 0) is 31.3 Å². The molecule has 2 heterocycles. The molecular formula is C60H42IrN2O2-2. The van der Waals surface area contributed by atoms with Crippen molar-refractivity contribution >= 4 is 27.6 Å². The van der Waals surface area contributed by atoms with Crippen LogP contribution in [0.4, 0.5) is 0 Å². The van der Waals surface area contributed by atoms with E-state index in [1.165, 1.54) is 0 Å². The zero-order chi connectivity index (χ0) is 56.4. The van der Waals surface area contributed by atoms with Gasteiger partial charge >= 0.3 is 0 Å². The number of aliphatic hydroxyl groups excluding tert-OH is 1. The van der Waals surface area contributed by atoms with Crippen molar-refractivity contribution in [1.82, 2.24) is 9.97 Å². The smallest absolute Gasteiger partial charge is 0.159 e. The number of aryl methyl sites for hydroxylation is 1. The van der Waals surface area contributed by atoms with Crippen LogP contribution < -0.4 is 0 Å². The molecule has 0 fully saturated rings. The van der Waals surface area contributed by atoms with E-state index in [-0.39, 0.29) is 90.3 Å². The molecule has 4 nitrogen and oxygen atoms in total. The molecule has 0 aliphatic carbocycles. The summed E-state index contributed by atoms with van der Waals surface area (Å²) in [6, 6.07) is 40.9. The van der Waals surface area contributed by atoms with E-state index in [1.54, 1.807) is 24.3 Å². The number of benzene rings is 8. The summed E-state index contributed by atoms with van der Waals surface area (Å²) in [5.74, 6) is -1.54. The number of pyridine rings is 2. The van der Waals surface area contributed by atoms with Gasteiger partial charge in [0.15, 0.2) is 5.78 Å². The van der Waals surface area contributed by atoms with Gasteiger partial charge in [-0.2, -0.15) is 0 Å². The first-order chi connectivity index (χ1) is 37.6. The zero-order valence-electron chi connectivity index (χ0n) is 49.2. The topological polar surface area (TPSA) is 63.1 Å². The Balaban J connectivity index is 0.00000774. The van der Waals surface area contributed by atoms with Crippen molar-refractivity contribution in [2.75, 3.05) is 0 Å². The monoisotopic (exact) mass is 1030 g/mol. The van der Waals surface area contributed by atoms with Gasteiger partial charge in [0.05, 0.1) is 33.2 Å². The van der Waals surface area contributed by atoms with Crippen LogP contribution in [0.2, 0.25) is 0 Å². The summed E-state index contributed by atoms with van der Waals surface area (Å²) in [6.07, 6.45) is 0.870. The van der Waals surface area contributed by atoms with Gasteiger partial charge in [0.2, 0.25) is 0 Å². The Morgan fingerprint density at radius 3 is 1.49 bits per heavy atom. The van der Waals surface area contributed by atoms with E-state index in [4.69, 9.17) is 20.6 Å². The summed E-state index contributed by atoms with van der Waals surface area (Å²) >= 11 is 0. The van der Waals surface area contributed by atoms with Crippen LogP contribution in [0.5, 0.6) is 0 Å². The fourth-order valence-electron chi connectivity index (χ4n) is 7.79. The summed E-state index contributed by atoms with van der Waals surface area (Å²) in [4.78, 5) is 22.0. The first-order valence-electron chi connectivity index (χ1n) is 27.8. The minimum Gasteiger partial charge on any atom is -0.512 e. The minimum absolute atomic E-state index is 0. The SMILES string of the molecule is [2H]c1c([2H])c([2H])c2c([2H])c([2H])c(-c3[c-]cc(-c4ccccc4-c4cc(-c5ccccc5CCC(=O)/C=C(\O)C([2H])([2H])[2H])cc(-c5ccccc5-c5c[c-]c(-c6nc7c([2H])c([2H])c([2H])c([2H])c7c([2H])c6[2H])cc5)c4)cc3)nc2c1[2H].[Ir]. The Kier molecular flexibility index (Phi) is 8.28. The van der Waals surface area contributed by atoms with Crippen molar-refractivity contribution in [3.63, 3.8) is 0 Å². The Labute approximate surface area is 414 Å². The number of ketones is 1. The molecule has 1 radical (unpaired) electrons. The molecule has 5 heteroatoms. The van der Waals surface area contributed by atoms with Gasteiger partial charge in [0.25, 0.3) is 0 Å². The molecule has 0 saturated heterocycles. The molecule has 8 aromatic carbocycles. The first-order valence-corrected chi connectivity index (χ1v) is 20.3. The van der Waals surface area contributed by atoms with Crippen LogP contribution >= 0.6 is 0 Å². The van der Waals surface area contributed by atoms with Crippen LogP contribution in [0.25, 0.3) is 100.0 Å². The summed E-state index contributed by atoms with van der Waals surface area (Å²) in [5, 5.41) is 9.79. The number of aromatic nitrogens is 2. The molecule has 315 valence electrons. The average molecular weight is 1030 g/mol. The van der Waals surface area contributed by atoms with E-state index in [0.29, 0.717) is 11.1 Å². The van der Waals surface area contributed by atoms with Crippen molar-refractivity contribution in [1.29, 1.82) is 0 Å². The predicted octanol–water partition coefficient (Wildman–Crippen LogP) is 15.0. The van der Waals surface area contributed by atoms with Gasteiger partial charge in [-0.15, -0.1) is 59.7 Å². The molecule has 0 aliphatic heterocycles. The maximum absolute atomic E-state index is 13.0.